The van der Waals surface area contributed by atoms with Gasteiger partial charge in [0.1, 0.15) is 17.5 Å². The molecule has 0 saturated carbocycles. The number of amides is 1. The van der Waals surface area contributed by atoms with Crippen molar-refractivity contribution in [2.75, 3.05) is 38.6 Å². The molecule has 0 aliphatic carbocycles. The van der Waals surface area contributed by atoms with E-state index in [1.807, 2.05) is 55.5 Å². The van der Waals surface area contributed by atoms with Gasteiger partial charge in [0.25, 0.3) is 5.91 Å². The molecule has 2 heterocycles. The summed E-state index contributed by atoms with van der Waals surface area (Å²) in [6.07, 6.45) is 3.39. The summed E-state index contributed by atoms with van der Waals surface area (Å²) in [6, 6.07) is 13.9. The molecule has 2 aliphatic rings. The third-order valence-electron chi connectivity index (χ3n) is 7.21. The summed E-state index contributed by atoms with van der Waals surface area (Å²) < 4.78 is 25.9. The summed E-state index contributed by atoms with van der Waals surface area (Å²) >= 11 is 0. The van der Waals surface area contributed by atoms with Crippen LogP contribution in [0.4, 0.5) is 10.1 Å². The molecule has 7 nitrogen and oxygen atoms in total. The Morgan fingerprint density at radius 2 is 1.89 bits per heavy atom. The molecule has 0 spiro atoms. The number of esters is 1. The van der Waals surface area contributed by atoms with E-state index in [4.69, 9.17) is 9.47 Å². The number of ether oxygens (including phenoxy) is 2. The first-order valence-corrected chi connectivity index (χ1v) is 13.1. The van der Waals surface area contributed by atoms with Crippen molar-refractivity contribution in [2.24, 2.45) is 0 Å². The Labute approximate surface area is 223 Å². The first-order chi connectivity index (χ1) is 18.3. The number of benzene rings is 2. The number of carbonyl (C=O) groups excluding carboxylic acids is 2. The van der Waals surface area contributed by atoms with Crippen molar-refractivity contribution in [3.63, 3.8) is 0 Å². The predicted octanol–water partition coefficient (Wildman–Crippen LogP) is 3.79. The Bertz CT molecular complexity index is 1210. The van der Waals surface area contributed by atoms with Crippen molar-refractivity contribution >= 4 is 17.6 Å². The molecule has 1 amide bonds. The number of nitrogens with zero attached hydrogens (tertiary/aromatic N) is 1. The minimum Gasteiger partial charge on any atom is -0.466 e. The monoisotopic (exact) mass is 521 g/mol. The van der Waals surface area contributed by atoms with Gasteiger partial charge in [-0.2, -0.15) is 0 Å². The normalized spacial score (nSPS) is 20.6. The Morgan fingerprint density at radius 1 is 1.16 bits per heavy atom. The van der Waals surface area contributed by atoms with E-state index >= 15 is 0 Å². The predicted molar refractivity (Wildman–Crippen MR) is 145 cm³/mol. The third-order valence-corrected chi connectivity index (χ3v) is 7.21. The molecule has 3 atom stereocenters. The highest BCUT2D eigenvalue weighted by atomic mass is 19.1. The van der Waals surface area contributed by atoms with Crippen LogP contribution in [0.2, 0.25) is 0 Å². The number of rotatable bonds is 12. The van der Waals surface area contributed by atoms with E-state index in [1.54, 1.807) is 0 Å². The van der Waals surface area contributed by atoms with E-state index in [-0.39, 0.29) is 22.9 Å². The SMILES string of the molecule is CCN(CC)CCNC(=O)C1=C(C(=O)OC)C2(C(Cc3ccccc3)Nc3cc(C)cc(F)c3)C=CC1O2. The Morgan fingerprint density at radius 3 is 2.55 bits per heavy atom. The van der Waals surface area contributed by atoms with E-state index < -0.39 is 23.7 Å². The average molecular weight is 522 g/mol. The number of fused-ring (bicyclic) bond motifs is 2. The van der Waals surface area contributed by atoms with Crippen molar-refractivity contribution < 1.29 is 23.5 Å². The standard InChI is InChI=1S/C30H36FN3O4/c1-5-34(6-2)15-14-32-28(35)26-24-12-13-30(38-24,27(26)29(36)37-4)25(18-21-10-8-7-9-11-21)33-23-17-20(3)16-22(31)19-23/h7-13,16-17,19,24-25,33H,5-6,14-15,18H2,1-4H3,(H,32,35). The van der Waals surface area contributed by atoms with Gasteiger partial charge < -0.3 is 25.0 Å². The highest BCUT2D eigenvalue weighted by molar-refractivity contribution is 6.07. The Balaban J connectivity index is 1.72. The van der Waals surface area contributed by atoms with E-state index in [2.05, 4.69) is 29.4 Å². The van der Waals surface area contributed by atoms with Crippen molar-refractivity contribution in [3.05, 3.63) is 88.8 Å². The van der Waals surface area contributed by atoms with Crippen LogP contribution in [0, 0.1) is 12.7 Å². The zero-order valence-corrected chi connectivity index (χ0v) is 22.4. The maximum Gasteiger partial charge on any atom is 0.337 e. The van der Waals surface area contributed by atoms with Crippen LogP contribution < -0.4 is 10.6 Å². The van der Waals surface area contributed by atoms with Gasteiger partial charge in [0.15, 0.2) is 0 Å². The maximum atomic E-state index is 14.3. The van der Waals surface area contributed by atoms with Crippen LogP contribution in [0.25, 0.3) is 0 Å². The third kappa shape index (κ3) is 5.66. The van der Waals surface area contributed by atoms with Crippen LogP contribution in [-0.4, -0.2) is 67.8 Å². The topological polar surface area (TPSA) is 79.9 Å². The number of hydrogen-bond acceptors (Lipinski definition) is 6. The second-order valence-electron chi connectivity index (χ2n) is 9.66. The van der Waals surface area contributed by atoms with Gasteiger partial charge in [0, 0.05) is 18.8 Å². The van der Waals surface area contributed by atoms with Crippen molar-refractivity contribution in [2.45, 2.75) is 44.9 Å². The fourth-order valence-corrected chi connectivity index (χ4v) is 5.30. The molecule has 2 bridgehead atoms. The number of anilines is 1. The number of methoxy groups -OCH3 is 1. The van der Waals surface area contributed by atoms with Crippen LogP contribution in [0.5, 0.6) is 0 Å². The summed E-state index contributed by atoms with van der Waals surface area (Å²) in [7, 11) is 1.30. The minimum absolute atomic E-state index is 0.175. The maximum absolute atomic E-state index is 14.3. The summed E-state index contributed by atoms with van der Waals surface area (Å²) in [5.74, 6) is -1.34. The molecule has 0 aromatic heterocycles. The highest BCUT2D eigenvalue weighted by Gasteiger charge is 2.58. The molecule has 2 aromatic rings. The fourth-order valence-electron chi connectivity index (χ4n) is 5.30. The molecule has 2 N–H and O–H groups in total. The minimum atomic E-state index is -1.28. The molecule has 202 valence electrons. The Hall–Kier alpha value is -3.49. The van der Waals surface area contributed by atoms with Crippen LogP contribution in [-0.2, 0) is 25.5 Å². The molecule has 3 unspecified atom stereocenters. The smallest absolute Gasteiger partial charge is 0.337 e. The first kappa shape index (κ1) is 27.5. The van der Waals surface area contributed by atoms with Gasteiger partial charge in [-0.1, -0.05) is 50.3 Å². The van der Waals surface area contributed by atoms with Crippen LogP contribution in [0.3, 0.4) is 0 Å². The highest BCUT2D eigenvalue weighted by Crippen LogP contribution is 2.47. The molecular weight excluding hydrogens is 485 g/mol. The van der Waals surface area contributed by atoms with Crippen molar-refractivity contribution in [3.8, 4) is 0 Å². The van der Waals surface area contributed by atoms with Gasteiger partial charge in [-0.3, -0.25) is 4.79 Å². The lowest BCUT2D eigenvalue weighted by Gasteiger charge is -2.36. The zero-order chi connectivity index (χ0) is 27.3. The fraction of sp³-hybridized carbons (Fsp3) is 0.400. The summed E-state index contributed by atoms with van der Waals surface area (Å²) in [5, 5.41) is 6.37. The molecule has 0 radical (unpaired) electrons. The second kappa shape index (κ2) is 11.9. The van der Waals surface area contributed by atoms with Gasteiger partial charge in [0.2, 0.25) is 0 Å². The number of aryl methyl sites for hydroxylation is 1. The zero-order valence-electron chi connectivity index (χ0n) is 22.4. The Kier molecular flexibility index (Phi) is 8.64. The summed E-state index contributed by atoms with van der Waals surface area (Å²) in [4.78, 5) is 28.9. The lowest BCUT2D eigenvalue weighted by Crippen LogP contribution is -2.49. The lowest BCUT2D eigenvalue weighted by molar-refractivity contribution is -0.138. The van der Waals surface area contributed by atoms with Gasteiger partial charge >= 0.3 is 5.97 Å². The summed E-state index contributed by atoms with van der Waals surface area (Å²) in [6.45, 7) is 8.86. The van der Waals surface area contributed by atoms with Crippen LogP contribution >= 0.6 is 0 Å². The molecule has 0 fully saturated rings. The second-order valence-corrected chi connectivity index (χ2v) is 9.66. The van der Waals surface area contributed by atoms with E-state index in [0.29, 0.717) is 25.2 Å². The summed E-state index contributed by atoms with van der Waals surface area (Å²) in [5.41, 5.74) is 1.46. The molecule has 2 aliphatic heterocycles. The number of halogens is 1. The molecule has 0 saturated heterocycles. The van der Waals surface area contributed by atoms with Gasteiger partial charge in [-0.15, -0.1) is 0 Å². The van der Waals surface area contributed by atoms with Crippen LogP contribution in [0.15, 0.2) is 71.8 Å². The largest absolute Gasteiger partial charge is 0.466 e. The molecule has 8 heteroatoms. The lowest BCUT2D eigenvalue weighted by atomic mass is 9.78. The molecule has 2 aromatic carbocycles. The number of likely N-dealkylation sites (N-methyl/N-ethyl adjacent to an activating group) is 1. The molecule has 4 rings (SSSR count). The molecular formula is C30H36FN3O4. The van der Waals surface area contributed by atoms with E-state index in [0.717, 1.165) is 24.2 Å². The van der Waals surface area contributed by atoms with Gasteiger partial charge in [-0.05, 0) is 61.8 Å². The number of nitrogens with one attached hydrogen (secondary N) is 2. The quantitative estimate of drug-likeness (QED) is 0.327. The van der Waals surface area contributed by atoms with Gasteiger partial charge in [-0.25, -0.2) is 9.18 Å². The van der Waals surface area contributed by atoms with E-state index in [1.165, 1.54) is 19.2 Å². The average Bonchev–Trinajstić information content (AvgIpc) is 3.49. The number of hydrogen-bond donors (Lipinski definition) is 2. The van der Waals surface area contributed by atoms with Gasteiger partial charge in [0.05, 0.1) is 24.3 Å². The molecule has 38 heavy (non-hydrogen) atoms. The van der Waals surface area contributed by atoms with Crippen LogP contribution in [0.1, 0.15) is 25.0 Å². The first-order valence-electron chi connectivity index (χ1n) is 13.1. The number of carbonyl (C=O) groups is 2. The van der Waals surface area contributed by atoms with Crippen molar-refractivity contribution in [1.82, 2.24) is 10.2 Å². The van der Waals surface area contributed by atoms with Crippen molar-refractivity contribution in [1.29, 1.82) is 0 Å². The van der Waals surface area contributed by atoms with E-state index in [9.17, 15) is 14.0 Å².